The molecule has 3 aromatic carbocycles. The van der Waals surface area contributed by atoms with Crippen LogP contribution in [0, 0.1) is 0 Å². The molecule has 35 heavy (non-hydrogen) atoms. The van der Waals surface area contributed by atoms with Crippen LogP contribution in [-0.2, 0) is 5.41 Å². The first-order valence-corrected chi connectivity index (χ1v) is 12.1. The number of rotatable bonds is 8. The molecule has 0 amide bonds. The van der Waals surface area contributed by atoms with Gasteiger partial charge in [0.05, 0.1) is 19.7 Å². The van der Waals surface area contributed by atoms with Crippen LogP contribution in [0.2, 0.25) is 0 Å². The van der Waals surface area contributed by atoms with Gasteiger partial charge in [0.1, 0.15) is 17.2 Å². The van der Waals surface area contributed by atoms with E-state index < -0.39 is 0 Å². The van der Waals surface area contributed by atoms with Gasteiger partial charge in [0, 0.05) is 27.7 Å². The predicted octanol–water partition coefficient (Wildman–Crippen LogP) is 7.09. The minimum Gasteiger partial charge on any atom is -0.493 e. The highest BCUT2D eigenvalue weighted by Gasteiger charge is 2.14. The van der Waals surface area contributed by atoms with Crippen LogP contribution in [0.3, 0.4) is 0 Å². The lowest BCUT2D eigenvalue weighted by Crippen LogP contribution is -2.12. The van der Waals surface area contributed by atoms with Crippen molar-refractivity contribution in [2.45, 2.75) is 36.1 Å². The van der Waals surface area contributed by atoms with E-state index in [1.165, 1.54) is 5.56 Å². The average molecular weight is 487 g/mol. The molecule has 0 aliphatic heterocycles. The van der Waals surface area contributed by atoms with E-state index in [9.17, 15) is 0 Å². The van der Waals surface area contributed by atoms with Crippen LogP contribution >= 0.6 is 11.8 Å². The Morgan fingerprint density at radius 1 is 0.857 bits per heavy atom. The van der Waals surface area contributed by atoms with Crippen molar-refractivity contribution < 1.29 is 9.47 Å². The molecule has 0 unspecified atom stereocenters. The van der Waals surface area contributed by atoms with Gasteiger partial charge in [-0.25, -0.2) is 9.97 Å². The number of nitrogens with zero attached hydrogens (tertiary/aromatic N) is 2. The summed E-state index contributed by atoms with van der Waals surface area (Å²) in [5.41, 5.74) is 4.07. The van der Waals surface area contributed by atoms with Gasteiger partial charge in [-0.2, -0.15) is 0 Å². The molecular weight excluding hydrogens is 456 g/mol. The molecule has 6 nitrogen and oxygen atoms in total. The molecule has 0 radical (unpaired) electrons. The Morgan fingerprint density at radius 2 is 1.51 bits per heavy atom. The highest BCUT2D eigenvalue weighted by molar-refractivity contribution is 7.99. The Bertz CT molecular complexity index is 1360. The monoisotopic (exact) mass is 486 g/mol. The smallest absolute Gasteiger partial charge is 0.162 e. The van der Waals surface area contributed by atoms with Gasteiger partial charge in [0.25, 0.3) is 0 Å². The Kier molecular flexibility index (Phi) is 7.17. The number of aromatic nitrogens is 2. The summed E-state index contributed by atoms with van der Waals surface area (Å²) in [4.78, 5) is 9.94. The second kappa shape index (κ2) is 10.3. The summed E-state index contributed by atoms with van der Waals surface area (Å²) >= 11 is 1.56. The molecule has 1 aromatic heterocycles. The average Bonchev–Trinajstić information content (AvgIpc) is 2.83. The lowest BCUT2D eigenvalue weighted by molar-refractivity contribution is 0.355. The first-order valence-electron chi connectivity index (χ1n) is 11.2. The summed E-state index contributed by atoms with van der Waals surface area (Å²) in [6.07, 6.45) is 1.57. The quantitative estimate of drug-likeness (QED) is 0.258. The van der Waals surface area contributed by atoms with E-state index in [0.29, 0.717) is 17.3 Å². The van der Waals surface area contributed by atoms with Crippen molar-refractivity contribution in [3.8, 4) is 11.5 Å². The zero-order valence-corrected chi connectivity index (χ0v) is 21.5. The summed E-state index contributed by atoms with van der Waals surface area (Å²) in [6.45, 7) is 10.8. The van der Waals surface area contributed by atoms with Gasteiger partial charge in [-0.1, -0.05) is 57.3 Å². The summed E-state index contributed by atoms with van der Waals surface area (Å²) in [6, 6.07) is 20.3. The van der Waals surface area contributed by atoms with Crippen molar-refractivity contribution in [1.82, 2.24) is 9.97 Å². The molecule has 4 rings (SSSR count). The zero-order chi connectivity index (χ0) is 25.0. The van der Waals surface area contributed by atoms with Gasteiger partial charge in [0.2, 0.25) is 0 Å². The van der Waals surface area contributed by atoms with Crippen molar-refractivity contribution in [1.29, 1.82) is 0 Å². The maximum absolute atomic E-state index is 5.47. The lowest BCUT2D eigenvalue weighted by atomic mass is 9.87. The lowest BCUT2D eigenvalue weighted by Gasteiger charge is -2.20. The maximum atomic E-state index is 5.47. The number of hydrogen-bond acceptors (Lipinski definition) is 7. The Balaban J connectivity index is 1.51. The Morgan fingerprint density at radius 3 is 2.20 bits per heavy atom. The van der Waals surface area contributed by atoms with Crippen LogP contribution < -0.4 is 20.1 Å². The predicted molar refractivity (Wildman–Crippen MR) is 145 cm³/mol. The maximum Gasteiger partial charge on any atom is 0.162 e. The summed E-state index contributed by atoms with van der Waals surface area (Å²) in [7, 11) is 3.23. The number of methoxy groups -OCH3 is 2. The second-order valence-electron chi connectivity index (χ2n) is 9.09. The highest BCUT2D eigenvalue weighted by atomic mass is 32.2. The number of nitrogens with one attached hydrogen (secondary N) is 2. The van der Waals surface area contributed by atoms with Gasteiger partial charge in [-0.05, 0) is 47.4 Å². The van der Waals surface area contributed by atoms with Crippen LogP contribution in [0.4, 0.5) is 11.4 Å². The molecule has 0 saturated heterocycles. The first-order chi connectivity index (χ1) is 16.8. The van der Waals surface area contributed by atoms with Crippen molar-refractivity contribution in [2.24, 2.45) is 0 Å². The molecule has 2 N–H and O–H groups in total. The molecule has 0 bridgehead atoms. The fourth-order valence-corrected chi connectivity index (χ4v) is 4.56. The molecule has 0 spiro atoms. The van der Waals surface area contributed by atoms with Crippen LogP contribution in [0.5, 0.6) is 11.5 Å². The fourth-order valence-electron chi connectivity index (χ4n) is 3.63. The fraction of sp³-hybridized carbons (Fsp3) is 0.214. The van der Waals surface area contributed by atoms with Gasteiger partial charge < -0.3 is 20.1 Å². The molecule has 0 atom stereocenters. The molecule has 0 aliphatic carbocycles. The third kappa shape index (κ3) is 5.87. The van der Waals surface area contributed by atoms with E-state index in [1.807, 2.05) is 36.4 Å². The van der Waals surface area contributed by atoms with E-state index in [1.54, 1.807) is 32.3 Å². The highest BCUT2D eigenvalue weighted by Crippen LogP contribution is 2.37. The van der Waals surface area contributed by atoms with E-state index in [2.05, 4.69) is 72.2 Å². The SMILES string of the molecule is C=C(Nc1cccc(Sc2ncnc3cc(OC)c(OC)cc23)c1)Nc1cccc(C(C)(C)C)c1. The van der Waals surface area contributed by atoms with Crippen molar-refractivity contribution >= 4 is 34.0 Å². The first kappa shape index (κ1) is 24.4. The molecular formula is C28H30N4O2S. The third-order valence-corrected chi connectivity index (χ3v) is 6.48. The Labute approximate surface area is 210 Å². The standard InChI is InChI=1S/C28H30N4O2S/c1-18(31-20-10-7-9-19(13-20)28(2,3)4)32-21-11-8-12-22(14-21)35-27-23-15-25(33-5)26(34-6)16-24(23)29-17-30-27/h7-17,31-32H,1H2,2-6H3. The summed E-state index contributed by atoms with van der Waals surface area (Å²) in [5.74, 6) is 1.98. The van der Waals surface area contributed by atoms with E-state index in [4.69, 9.17) is 9.47 Å². The second-order valence-corrected chi connectivity index (χ2v) is 10.2. The summed E-state index contributed by atoms with van der Waals surface area (Å²) < 4.78 is 10.9. The topological polar surface area (TPSA) is 68.3 Å². The molecule has 4 aromatic rings. The van der Waals surface area contributed by atoms with Gasteiger partial charge in [0.15, 0.2) is 11.5 Å². The Hall–Kier alpha value is -3.71. The number of benzene rings is 3. The molecule has 1 heterocycles. The van der Waals surface area contributed by atoms with Crippen LogP contribution in [0.1, 0.15) is 26.3 Å². The normalized spacial score (nSPS) is 11.2. The van der Waals surface area contributed by atoms with Gasteiger partial charge in [-0.3, -0.25) is 0 Å². The molecule has 0 aliphatic rings. The zero-order valence-electron chi connectivity index (χ0n) is 20.7. The largest absolute Gasteiger partial charge is 0.493 e. The van der Waals surface area contributed by atoms with E-state index >= 15 is 0 Å². The van der Waals surface area contributed by atoms with E-state index in [-0.39, 0.29) is 5.41 Å². The number of anilines is 2. The van der Waals surface area contributed by atoms with Gasteiger partial charge in [-0.15, -0.1) is 0 Å². The molecule has 180 valence electrons. The molecule has 0 fully saturated rings. The van der Waals surface area contributed by atoms with Crippen LogP contribution in [0.15, 0.2) is 89.3 Å². The number of ether oxygens (including phenoxy) is 2. The summed E-state index contributed by atoms with van der Waals surface area (Å²) in [5, 5.41) is 8.46. The minimum absolute atomic E-state index is 0.0817. The van der Waals surface area contributed by atoms with Crippen molar-refractivity contribution in [3.05, 3.63) is 85.0 Å². The number of fused-ring (bicyclic) bond motifs is 1. The van der Waals surface area contributed by atoms with Crippen molar-refractivity contribution in [2.75, 3.05) is 24.9 Å². The third-order valence-electron chi connectivity index (χ3n) is 5.47. The van der Waals surface area contributed by atoms with Gasteiger partial charge >= 0.3 is 0 Å². The number of hydrogen-bond donors (Lipinski definition) is 2. The molecule has 7 heteroatoms. The van der Waals surface area contributed by atoms with Crippen molar-refractivity contribution in [3.63, 3.8) is 0 Å². The minimum atomic E-state index is 0.0817. The van der Waals surface area contributed by atoms with Crippen LogP contribution in [0.25, 0.3) is 10.9 Å². The van der Waals surface area contributed by atoms with Crippen LogP contribution in [-0.4, -0.2) is 24.2 Å². The molecule has 0 saturated carbocycles. The van der Waals surface area contributed by atoms with E-state index in [0.717, 1.165) is 32.2 Å².